The number of ether oxygens (including phenoxy) is 1. The van der Waals surface area contributed by atoms with Crippen LogP contribution in [0.1, 0.15) is 96.5 Å². The number of benzene rings is 1. The Morgan fingerprint density at radius 3 is 2.52 bits per heavy atom. The summed E-state index contributed by atoms with van der Waals surface area (Å²) in [5.74, 6) is -0.854. The van der Waals surface area contributed by atoms with Crippen LogP contribution < -0.4 is 15.5 Å². The van der Waals surface area contributed by atoms with Crippen LogP contribution in [-0.2, 0) is 28.8 Å². The highest BCUT2D eigenvalue weighted by molar-refractivity contribution is 7.51. The highest BCUT2D eigenvalue weighted by Gasteiger charge is 2.66. The minimum atomic E-state index is -3.99. The molecule has 2 unspecified atom stereocenters. The van der Waals surface area contributed by atoms with Crippen LogP contribution in [0.5, 0.6) is 0 Å². The number of nitrogens with one attached hydrogen (secondary N) is 2. The number of hydrogen-bond acceptors (Lipinski definition) is 11. The van der Waals surface area contributed by atoms with E-state index in [2.05, 4.69) is 39.1 Å². The smallest absolute Gasteiger partial charge is 0.355 e. The summed E-state index contributed by atoms with van der Waals surface area (Å²) in [6.07, 6.45) is 10.7. The third kappa shape index (κ3) is 8.50. The fourth-order valence-corrected chi connectivity index (χ4v) is 13.6. The quantitative estimate of drug-likeness (QED) is 0.0529. The van der Waals surface area contributed by atoms with Crippen molar-refractivity contribution in [3.8, 4) is 11.1 Å². The molecule has 322 valence electrons. The van der Waals surface area contributed by atoms with Crippen LogP contribution in [0.3, 0.4) is 0 Å². The molecule has 5 aromatic rings. The van der Waals surface area contributed by atoms with Gasteiger partial charge in [0.05, 0.1) is 29.3 Å². The Bertz CT molecular complexity index is 2520. The predicted molar refractivity (Wildman–Crippen MR) is 233 cm³/mol. The lowest BCUT2D eigenvalue weighted by Gasteiger charge is -2.69. The molecule has 1 aromatic carbocycles. The first-order chi connectivity index (χ1) is 29.0. The van der Waals surface area contributed by atoms with E-state index in [0.717, 1.165) is 65.6 Å². The monoisotopic (exact) mass is 868 g/mol. The van der Waals surface area contributed by atoms with Crippen LogP contribution in [0.4, 0.5) is 10.9 Å². The van der Waals surface area contributed by atoms with Gasteiger partial charge in [-0.3, -0.25) is 19.4 Å². The van der Waals surface area contributed by atoms with Gasteiger partial charge in [0.25, 0.3) is 5.91 Å². The average molecular weight is 869 g/mol. The lowest BCUT2D eigenvalue weighted by atomic mass is 9.39. The summed E-state index contributed by atoms with van der Waals surface area (Å²) >= 11 is 1.37. The molecule has 1 aliphatic heterocycles. The number of carboxylic acid groups (broad SMARTS) is 1. The van der Waals surface area contributed by atoms with Gasteiger partial charge in [-0.2, -0.15) is 10.1 Å². The van der Waals surface area contributed by atoms with Gasteiger partial charge in [0.2, 0.25) is 0 Å². The van der Waals surface area contributed by atoms with Crippen molar-refractivity contribution in [3.05, 3.63) is 82.9 Å². The molecular weight excluding hydrogens is 816 g/mol. The van der Waals surface area contributed by atoms with Gasteiger partial charge >= 0.3 is 13.6 Å². The van der Waals surface area contributed by atoms with Gasteiger partial charge in [-0.25, -0.2) is 14.8 Å². The number of hydrogen-bond donors (Lipinski definition) is 5. The molecule has 2 atom stereocenters. The molecule has 4 aliphatic carbocycles. The van der Waals surface area contributed by atoms with Gasteiger partial charge in [-0.1, -0.05) is 37.3 Å². The van der Waals surface area contributed by atoms with Gasteiger partial charge < -0.3 is 29.8 Å². The summed E-state index contributed by atoms with van der Waals surface area (Å²) in [7, 11) is -3.99. The normalized spacial score (nSPS) is 25.6. The first-order valence-corrected chi connectivity index (χ1v) is 23.7. The first-order valence-electron chi connectivity index (χ1n) is 21.1. The van der Waals surface area contributed by atoms with Crippen molar-refractivity contribution >= 4 is 52.1 Å². The maximum atomic E-state index is 13.6. The van der Waals surface area contributed by atoms with E-state index in [1.54, 1.807) is 12.4 Å². The fraction of sp³-hybridized carbons (Fsp3) is 0.500. The first kappa shape index (κ1) is 41.8. The summed E-state index contributed by atoms with van der Waals surface area (Å²) in [5.41, 5.74) is 5.15. The average Bonchev–Trinajstić information content (AvgIpc) is 3.76. The molecule has 10 rings (SSSR count). The Morgan fingerprint density at radius 1 is 0.967 bits per heavy atom. The Hall–Kier alpha value is -4.57. The summed E-state index contributed by atoms with van der Waals surface area (Å²) in [6.45, 7) is 10.2. The second-order valence-electron chi connectivity index (χ2n) is 18.8. The highest BCUT2D eigenvalue weighted by atomic mass is 32.1. The molecule has 4 bridgehead atoms. The van der Waals surface area contributed by atoms with Crippen molar-refractivity contribution in [2.24, 2.45) is 16.2 Å². The molecular formula is C44H53N8O7PS. The molecule has 15 nitrogen and oxygen atoms in total. The number of pyridine rings is 2. The second kappa shape index (κ2) is 15.7. The van der Waals surface area contributed by atoms with Gasteiger partial charge in [-0.05, 0) is 123 Å². The van der Waals surface area contributed by atoms with E-state index < -0.39 is 13.6 Å². The number of carboxylic acids is 1. The number of nitrogens with zero attached hydrogens (tertiary/aromatic N) is 6. The van der Waals surface area contributed by atoms with Gasteiger partial charge in [-0.15, -0.1) is 0 Å². The number of aromatic carboxylic acids is 1. The summed E-state index contributed by atoms with van der Waals surface area (Å²) < 4.78 is 21.0. The van der Waals surface area contributed by atoms with Crippen molar-refractivity contribution < 1.29 is 33.8 Å². The Kier molecular flexibility index (Phi) is 10.7. The van der Waals surface area contributed by atoms with Gasteiger partial charge in [0.1, 0.15) is 5.82 Å². The van der Waals surface area contributed by atoms with Crippen molar-refractivity contribution in [1.82, 2.24) is 30.0 Å². The molecule has 0 radical (unpaired) electrons. The van der Waals surface area contributed by atoms with E-state index in [1.807, 2.05) is 54.3 Å². The molecule has 4 aromatic heterocycles. The molecule has 1 amide bonds. The standard InChI is InChI=1S/C44H53N8O7PS/c1-28-32(19-47-52(28)27-43-22-41(2)21-42(3,23-43)25-44(24-41,26-43)59-17-15-45-13-6-18-60(56,57)58)30-10-11-35(48-36(30)39(54)55)51-16-12-29-7-4-8-31(33(29)20-51)38(53)50-40-49-37-34(61-40)9-5-14-46-37/h4-5,7-11,14,19,45H,6,12-13,15-18,20-27H2,1-3H3,(H,54,55)(H2,56,57,58)(H,46,49,50,53). The number of thiazole rings is 1. The molecule has 4 fully saturated rings. The van der Waals surface area contributed by atoms with E-state index >= 15 is 0 Å². The van der Waals surface area contributed by atoms with Crippen molar-refractivity contribution in [3.63, 3.8) is 0 Å². The number of fused-ring (bicyclic) bond motifs is 2. The Morgan fingerprint density at radius 2 is 1.77 bits per heavy atom. The molecule has 0 saturated heterocycles. The number of anilines is 2. The van der Waals surface area contributed by atoms with Crippen molar-refractivity contribution in [1.29, 1.82) is 0 Å². The largest absolute Gasteiger partial charge is 0.476 e. The topological polar surface area (TPSA) is 205 Å². The van der Waals surface area contributed by atoms with Crippen molar-refractivity contribution in [2.75, 3.05) is 42.6 Å². The molecule has 5 N–H and O–H groups in total. The Balaban J connectivity index is 0.911. The van der Waals surface area contributed by atoms with Gasteiger partial charge in [0.15, 0.2) is 16.5 Å². The highest BCUT2D eigenvalue weighted by Crippen LogP contribution is 2.72. The summed E-state index contributed by atoms with van der Waals surface area (Å²) in [5, 5.41) is 22.2. The zero-order valence-electron chi connectivity index (χ0n) is 34.8. The summed E-state index contributed by atoms with van der Waals surface area (Å²) in [4.78, 5) is 60.4. The number of rotatable bonds is 15. The lowest BCUT2D eigenvalue weighted by Crippen LogP contribution is -2.64. The molecule has 61 heavy (non-hydrogen) atoms. The van der Waals surface area contributed by atoms with Crippen molar-refractivity contribution in [2.45, 2.75) is 90.8 Å². The second-order valence-corrected chi connectivity index (χ2v) is 21.6. The summed E-state index contributed by atoms with van der Waals surface area (Å²) in [6, 6.07) is 13.2. The molecule has 5 aliphatic rings. The van der Waals surface area contributed by atoms with E-state index in [1.165, 1.54) is 11.3 Å². The minimum absolute atomic E-state index is 0.0349. The van der Waals surface area contributed by atoms with Crippen LogP contribution in [0.25, 0.3) is 21.5 Å². The molecule has 17 heteroatoms. The fourth-order valence-electron chi connectivity index (χ4n) is 12.2. The maximum absolute atomic E-state index is 13.6. The molecule has 4 saturated carbocycles. The number of amides is 1. The van der Waals surface area contributed by atoms with E-state index in [4.69, 9.17) is 24.6 Å². The van der Waals surface area contributed by atoms with Crippen LogP contribution in [0, 0.1) is 23.2 Å². The maximum Gasteiger partial charge on any atom is 0.355 e. The van der Waals surface area contributed by atoms with Crippen LogP contribution in [-0.4, -0.2) is 89.5 Å². The molecule has 5 heterocycles. The van der Waals surface area contributed by atoms with Gasteiger partial charge in [0, 0.05) is 54.8 Å². The number of aromatic nitrogens is 5. The van der Waals surface area contributed by atoms with E-state index in [0.29, 0.717) is 79.9 Å². The van der Waals surface area contributed by atoms with Crippen LogP contribution >= 0.6 is 18.9 Å². The third-order valence-corrected chi connectivity index (χ3v) is 15.2. The molecule has 0 spiro atoms. The predicted octanol–water partition coefficient (Wildman–Crippen LogP) is 7.06. The van der Waals surface area contributed by atoms with E-state index in [9.17, 15) is 19.3 Å². The Labute approximate surface area is 358 Å². The SMILES string of the molecule is Cc1c(-c2ccc(N3CCc4cccc(C(=O)Nc5nc6ncccc6s5)c4C3)nc2C(=O)O)cnn1CC12CC3(C)CC(C)(C1)CC(OCCNCCCP(=O)(O)O)(C3)C2. The number of carbonyl (C=O) groups excluding carboxylic acids is 1. The van der Waals surface area contributed by atoms with E-state index in [-0.39, 0.29) is 39.6 Å². The minimum Gasteiger partial charge on any atom is -0.476 e. The zero-order chi connectivity index (χ0) is 42.8. The lowest BCUT2D eigenvalue weighted by molar-refractivity contribution is -0.247. The zero-order valence-corrected chi connectivity index (χ0v) is 36.5. The van der Waals surface area contributed by atoms with Crippen LogP contribution in [0.15, 0.2) is 54.9 Å². The van der Waals surface area contributed by atoms with Crippen LogP contribution in [0.2, 0.25) is 0 Å². The third-order valence-electron chi connectivity index (χ3n) is 13.3. The number of carbonyl (C=O) groups is 2.